The van der Waals surface area contributed by atoms with Gasteiger partial charge in [0, 0.05) is 25.1 Å². The lowest BCUT2D eigenvalue weighted by Crippen LogP contribution is -2.39. The van der Waals surface area contributed by atoms with Crippen LogP contribution in [0.5, 0.6) is 0 Å². The van der Waals surface area contributed by atoms with E-state index < -0.39 is 11.6 Å². The molecule has 0 aliphatic rings. The molecule has 0 amide bonds. The van der Waals surface area contributed by atoms with Crippen molar-refractivity contribution in [3.63, 3.8) is 0 Å². The lowest BCUT2D eigenvalue weighted by atomic mass is 10.0. The smallest absolute Gasteiger partial charge is 0.138 e. The molecule has 3 N–H and O–H groups in total. The third-order valence-electron chi connectivity index (χ3n) is 3.14. The van der Waals surface area contributed by atoms with E-state index in [2.05, 4.69) is 15.5 Å². The van der Waals surface area contributed by atoms with Crippen LogP contribution in [0, 0.1) is 11.6 Å². The molecule has 2 rings (SSSR count). The minimum Gasteiger partial charge on any atom is -0.271 e. The number of hydrogen-bond donors (Lipinski definition) is 2. The highest BCUT2D eigenvalue weighted by molar-refractivity contribution is 5.20. The molecule has 108 valence electrons. The van der Waals surface area contributed by atoms with Crippen molar-refractivity contribution in [1.82, 2.24) is 20.2 Å². The fourth-order valence-electron chi connectivity index (χ4n) is 2.07. The first-order valence-corrected chi connectivity index (χ1v) is 6.40. The second-order valence-electron chi connectivity index (χ2n) is 4.50. The second kappa shape index (κ2) is 6.53. The summed E-state index contributed by atoms with van der Waals surface area (Å²) in [6, 6.07) is 3.34. The molecule has 1 aromatic carbocycles. The molecule has 5 nitrogen and oxygen atoms in total. The summed E-state index contributed by atoms with van der Waals surface area (Å²) in [4.78, 5) is 4.16. The molecule has 0 aliphatic heterocycles. The van der Waals surface area contributed by atoms with Crippen molar-refractivity contribution in [1.29, 1.82) is 0 Å². The van der Waals surface area contributed by atoms with Gasteiger partial charge in [0.25, 0.3) is 0 Å². The third kappa shape index (κ3) is 3.37. The number of nitrogens with zero attached hydrogens (tertiary/aromatic N) is 3. The number of rotatable bonds is 6. The van der Waals surface area contributed by atoms with E-state index >= 15 is 0 Å². The van der Waals surface area contributed by atoms with Gasteiger partial charge in [-0.25, -0.2) is 13.8 Å². The van der Waals surface area contributed by atoms with Crippen LogP contribution in [0.25, 0.3) is 0 Å². The van der Waals surface area contributed by atoms with Crippen LogP contribution in [0.15, 0.2) is 24.5 Å². The molecule has 1 atom stereocenters. The maximum atomic E-state index is 13.6. The zero-order valence-corrected chi connectivity index (χ0v) is 11.2. The van der Waals surface area contributed by atoms with Crippen LogP contribution in [0.4, 0.5) is 8.78 Å². The lowest BCUT2D eigenvalue weighted by Gasteiger charge is -2.16. The molecular formula is C13H17F2N5. The Labute approximate surface area is 115 Å². The monoisotopic (exact) mass is 281 g/mol. The van der Waals surface area contributed by atoms with Gasteiger partial charge in [-0.15, -0.1) is 0 Å². The number of hydrogen-bond acceptors (Lipinski definition) is 4. The molecule has 0 bridgehead atoms. The molecule has 0 saturated carbocycles. The minimum absolute atomic E-state index is 0.204. The van der Waals surface area contributed by atoms with Gasteiger partial charge >= 0.3 is 0 Å². The Kier molecular flexibility index (Phi) is 4.75. The first kappa shape index (κ1) is 14.5. The fourth-order valence-corrected chi connectivity index (χ4v) is 2.07. The van der Waals surface area contributed by atoms with Gasteiger partial charge in [0.2, 0.25) is 0 Å². The van der Waals surface area contributed by atoms with Gasteiger partial charge in [0.15, 0.2) is 0 Å². The van der Waals surface area contributed by atoms with Gasteiger partial charge < -0.3 is 0 Å². The van der Waals surface area contributed by atoms with E-state index in [1.165, 1.54) is 18.5 Å². The number of nitrogens with one attached hydrogen (secondary N) is 1. The Hall–Kier alpha value is -1.86. The van der Waals surface area contributed by atoms with E-state index in [1.54, 1.807) is 4.68 Å². The molecule has 7 heteroatoms. The number of benzene rings is 1. The van der Waals surface area contributed by atoms with E-state index in [1.807, 2.05) is 6.92 Å². The zero-order valence-electron chi connectivity index (χ0n) is 11.2. The molecule has 1 aromatic heterocycles. The highest BCUT2D eigenvalue weighted by Crippen LogP contribution is 2.13. The summed E-state index contributed by atoms with van der Waals surface area (Å²) >= 11 is 0. The van der Waals surface area contributed by atoms with Crippen molar-refractivity contribution in [3.05, 3.63) is 47.5 Å². The normalized spacial score (nSPS) is 12.6. The highest BCUT2D eigenvalue weighted by atomic mass is 19.1. The van der Waals surface area contributed by atoms with E-state index in [9.17, 15) is 8.78 Å². The van der Waals surface area contributed by atoms with Gasteiger partial charge in [-0.1, -0.05) is 6.07 Å². The van der Waals surface area contributed by atoms with Crippen LogP contribution in [-0.2, 0) is 19.4 Å². The minimum atomic E-state index is -0.589. The van der Waals surface area contributed by atoms with Crippen LogP contribution in [-0.4, -0.2) is 20.8 Å². The predicted octanol–water partition coefficient (Wildman–Crippen LogP) is 1.19. The third-order valence-corrected chi connectivity index (χ3v) is 3.14. The van der Waals surface area contributed by atoms with Crippen molar-refractivity contribution in [2.24, 2.45) is 5.84 Å². The topological polar surface area (TPSA) is 68.8 Å². The summed E-state index contributed by atoms with van der Waals surface area (Å²) < 4.78 is 28.3. The molecule has 1 heterocycles. The predicted molar refractivity (Wildman–Crippen MR) is 70.6 cm³/mol. The van der Waals surface area contributed by atoms with Gasteiger partial charge in [-0.05, 0) is 25.0 Å². The molecule has 0 radical (unpaired) electrons. The first-order valence-electron chi connectivity index (χ1n) is 6.40. The van der Waals surface area contributed by atoms with Gasteiger partial charge in [-0.3, -0.25) is 16.0 Å². The summed E-state index contributed by atoms with van der Waals surface area (Å²) in [6.07, 6.45) is 2.34. The van der Waals surface area contributed by atoms with Crippen LogP contribution in [0.3, 0.4) is 0 Å². The van der Waals surface area contributed by atoms with Crippen LogP contribution in [0.2, 0.25) is 0 Å². The SMILES string of the molecule is CCn1ncnc1CC(Cc1ccc(F)cc1F)NN. The standard InChI is InChI=1S/C13H17F2N5/c1-2-20-13(17-8-18-20)7-11(19-16)5-9-3-4-10(14)6-12(9)15/h3-4,6,8,11,19H,2,5,7,16H2,1H3. The van der Waals surface area contributed by atoms with Crippen LogP contribution < -0.4 is 11.3 Å². The highest BCUT2D eigenvalue weighted by Gasteiger charge is 2.15. The zero-order chi connectivity index (χ0) is 14.5. The lowest BCUT2D eigenvalue weighted by molar-refractivity contribution is 0.478. The van der Waals surface area contributed by atoms with Gasteiger partial charge in [0.05, 0.1) is 0 Å². The van der Waals surface area contributed by atoms with Crippen molar-refractivity contribution >= 4 is 0 Å². The quantitative estimate of drug-likeness (QED) is 0.616. The maximum absolute atomic E-state index is 13.6. The number of hydrazine groups is 1. The summed E-state index contributed by atoms with van der Waals surface area (Å²) in [5, 5.41) is 4.07. The molecule has 2 aromatic rings. The van der Waals surface area contributed by atoms with Crippen molar-refractivity contribution in [2.45, 2.75) is 32.4 Å². The maximum Gasteiger partial charge on any atom is 0.138 e. The second-order valence-corrected chi connectivity index (χ2v) is 4.50. The molecule has 0 aliphatic carbocycles. The molecular weight excluding hydrogens is 264 g/mol. The van der Waals surface area contributed by atoms with E-state index in [4.69, 9.17) is 5.84 Å². The Morgan fingerprint density at radius 2 is 2.15 bits per heavy atom. The largest absolute Gasteiger partial charge is 0.271 e. The van der Waals surface area contributed by atoms with Crippen LogP contribution in [0.1, 0.15) is 18.3 Å². The molecule has 0 fully saturated rings. The average Bonchev–Trinajstić information content (AvgIpc) is 2.88. The van der Waals surface area contributed by atoms with E-state index in [-0.39, 0.29) is 6.04 Å². The summed E-state index contributed by atoms with van der Waals surface area (Å²) in [7, 11) is 0. The number of aromatic nitrogens is 3. The number of nitrogens with two attached hydrogens (primary N) is 1. The average molecular weight is 281 g/mol. The number of aryl methyl sites for hydroxylation is 1. The van der Waals surface area contributed by atoms with Crippen LogP contribution >= 0.6 is 0 Å². The summed E-state index contributed by atoms with van der Waals surface area (Å²) in [5.41, 5.74) is 3.05. The van der Waals surface area contributed by atoms with Crippen molar-refractivity contribution in [3.8, 4) is 0 Å². The molecule has 1 unspecified atom stereocenters. The first-order chi connectivity index (χ1) is 9.63. The van der Waals surface area contributed by atoms with E-state index in [0.29, 0.717) is 24.9 Å². The molecule has 20 heavy (non-hydrogen) atoms. The Morgan fingerprint density at radius 1 is 1.35 bits per heavy atom. The Bertz CT molecular complexity index is 570. The summed E-state index contributed by atoms with van der Waals surface area (Å²) in [6.45, 7) is 2.67. The Balaban J connectivity index is 2.09. The van der Waals surface area contributed by atoms with Crippen molar-refractivity contribution in [2.75, 3.05) is 0 Å². The molecule has 0 spiro atoms. The Morgan fingerprint density at radius 3 is 2.80 bits per heavy atom. The van der Waals surface area contributed by atoms with Crippen molar-refractivity contribution < 1.29 is 8.78 Å². The van der Waals surface area contributed by atoms with E-state index in [0.717, 1.165) is 11.9 Å². The summed E-state index contributed by atoms with van der Waals surface area (Å²) in [5.74, 6) is 5.12. The fraction of sp³-hybridized carbons (Fsp3) is 0.385. The van der Waals surface area contributed by atoms with Gasteiger partial charge in [0.1, 0.15) is 23.8 Å². The molecule has 0 saturated heterocycles. The number of halogens is 2. The van der Waals surface area contributed by atoms with Gasteiger partial charge in [-0.2, -0.15) is 5.10 Å².